The van der Waals surface area contributed by atoms with Gasteiger partial charge in [0.05, 0.1) is 23.3 Å². The van der Waals surface area contributed by atoms with E-state index in [1.807, 2.05) is 5.38 Å². The summed E-state index contributed by atoms with van der Waals surface area (Å²) in [6.45, 7) is 0.581. The molecule has 0 atom stereocenters. The second-order valence-electron chi connectivity index (χ2n) is 8.49. The van der Waals surface area contributed by atoms with E-state index in [2.05, 4.69) is 4.98 Å². The van der Waals surface area contributed by atoms with E-state index in [0.717, 1.165) is 16.8 Å². The van der Waals surface area contributed by atoms with Gasteiger partial charge in [-0.25, -0.2) is 14.2 Å². The second-order valence-corrected chi connectivity index (χ2v) is 9.44. The number of carbonyl (C=O) groups is 3. The summed E-state index contributed by atoms with van der Waals surface area (Å²) in [6.07, 6.45) is 0.924. The molecule has 4 aromatic rings. The van der Waals surface area contributed by atoms with Gasteiger partial charge in [-0.3, -0.25) is 19.0 Å². The van der Waals surface area contributed by atoms with Crippen LogP contribution in [0.15, 0.2) is 64.9 Å². The normalized spacial score (nSPS) is 13.6. The van der Waals surface area contributed by atoms with Crippen molar-refractivity contribution in [2.75, 3.05) is 31.1 Å². The summed E-state index contributed by atoms with van der Waals surface area (Å²) in [7, 11) is 0. The number of carboxylic acid groups (broad SMARTS) is 1. The highest BCUT2D eigenvalue weighted by atomic mass is 32.1. The van der Waals surface area contributed by atoms with Gasteiger partial charge in [0, 0.05) is 37.1 Å². The van der Waals surface area contributed by atoms with Crippen LogP contribution in [-0.4, -0.2) is 63.4 Å². The number of hydrogen-bond acceptors (Lipinski definition) is 7. The van der Waals surface area contributed by atoms with Crippen molar-refractivity contribution in [3.05, 3.63) is 92.3 Å². The average Bonchev–Trinajstić information content (AvgIpc) is 3.45. The van der Waals surface area contributed by atoms with Crippen LogP contribution in [0.5, 0.6) is 0 Å². The van der Waals surface area contributed by atoms with Gasteiger partial charge in [0.2, 0.25) is 0 Å². The molecule has 1 aliphatic rings. The molecular formula is C26H21FN4O5S. The zero-order chi connectivity index (χ0) is 26.1. The monoisotopic (exact) mass is 520 g/mol. The molecule has 0 saturated carbocycles. The molecule has 1 aromatic carbocycles. The number of hydrogen-bond donors (Lipinski definition) is 1. The molecule has 3 aromatic heterocycles. The van der Waals surface area contributed by atoms with Crippen molar-refractivity contribution in [3.8, 4) is 0 Å². The van der Waals surface area contributed by atoms with Gasteiger partial charge in [0.25, 0.3) is 11.5 Å². The number of rotatable bonds is 6. The first-order valence-electron chi connectivity index (χ1n) is 11.5. The number of fused-ring (bicyclic) bond motifs is 1. The first-order chi connectivity index (χ1) is 17.8. The molecule has 0 bridgehead atoms. The molecule has 188 valence electrons. The lowest BCUT2D eigenvalue weighted by Gasteiger charge is -2.37. The van der Waals surface area contributed by atoms with E-state index in [0.29, 0.717) is 10.4 Å². The van der Waals surface area contributed by atoms with Crippen molar-refractivity contribution < 1.29 is 23.9 Å². The molecular weight excluding hydrogens is 499 g/mol. The highest BCUT2D eigenvalue weighted by molar-refractivity contribution is 7.12. The standard InChI is InChI=1S/C26H21FN4O5S/c27-17-13-18-22(29-8-10-30(11-9-29)24(33)20-7-4-12-37-20)21(26(35)36)25(34)31(23(18)28-14-17)15-19(32)16-5-2-1-3-6-16/h1-7,12-14H,8-11,15H2,(H,35,36). The van der Waals surface area contributed by atoms with Gasteiger partial charge >= 0.3 is 5.97 Å². The first kappa shape index (κ1) is 24.3. The van der Waals surface area contributed by atoms with Crippen molar-refractivity contribution >= 4 is 45.7 Å². The third-order valence-electron chi connectivity index (χ3n) is 6.27. The number of anilines is 1. The van der Waals surface area contributed by atoms with E-state index >= 15 is 0 Å². The third-order valence-corrected chi connectivity index (χ3v) is 7.12. The molecule has 5 rings (SSSR count). The number of pyridine rings is 2. The zero-order valence-corrected chi connectivity index (χ0v) is 20.3. The second kappa shape index (κ2) is 9.94. The van der Waals surface area contributed by atoms with Crippen molar-refractivity contribution in [1.29, 1.82) is 0 Å². The van der Waals surface area contributed by atoms with Crippen LogP contribution in [0.1, 0.15) is 30.4 Å². The summed E-state index contributed by atoms with van der Waals surface area (Å²) in [4.78, 5) is 59.4. The number of aromatic carboxylic acids is 1. The highest BCUT2D eigenvalue weighted by Crippen LogP contribution is 2.30. The van der Waals surface area contributed by atoms with Crippen molar-refractivity contribution in [3.63, 3.8) is 0 Å². The predicted molar refractivity (Wildman–Crippen MR) is 136 cm³/mol. The SMILES string of the molecule is O=C(Cn1c(=O)c(C(=O)O)c(N2CCN(C(=O)c3cccs3)CC2)c2cc(F)cnc21)c1ccccc1. The quantitative estimate of drug-likeness (QED) is 0.389. The number of amides is 1. The number of ketones is 1. The summed E-state index contributed by atoms with van der Waals surface area (Å²) in [5.41, 5.74) is -1.09. The van der Waals surface area contributed by atoms with Gasteiger partial charge in [0.15, 0.2) is 5.78 Å². The van der Waals surface area contributed by atoms with Crippen LogP contribution in [0.3, 0.4) is 0 Å². The number of aromatic nitrogens is 2. The molecule has 1 amide bonds. The van der Waals surface area contributed by atoms with E-state index < -0.39 is 35.2 Å². The maximum atomic E-state index is 14.4. The Morgan fingerprint density at radius 1 is 1.03 bits per heavy atom. The van der Waals surface area contributed by atoms with Crippen LogP contribution in [-0.2, 0) is 6.54 Å². The summed E-state index contributed by atoms with van der Waals surface area (Å²) in [5, 5.41) is 12.0. The van der Waals surface area contributed by atoms with E-state index in [1.165, 1.54) is 11.3 Å². The minimum Gasteiger partial charge on any atom is -0.477 e. The smallest absolute Gasteiger partial charge is 0.343 e. The lowest BCUT2D eigenvalue weighted by atomic mass is 10.1. The number of carboxylic acids is 1. The Labute approximate surface area is 214 Å². The topological polar surface area (TPSA) is 113 Å². The molecule has 1 fully saturated rings. The molecule has 0 radical (unpaired) electrons. The van der Waals surface area contributed by atoms with Gasteiger partial charge in [-0.2, -0.15) is 0 Å². The molecule has 1 saturated heterocycles. The predicted octanol–water partition coefficient (Wildman–Crippen LogP) is 3.14. The lowest BCUT2D eigenvalue weighted by molar-refractivity contribution is 0.0690. The average molecular weight is 521 g/mol. The van der Waals surface area contributed by atoms with Gasteiger partial charge in [0.1, 0.15) is 17.0 Å². The van der Waals surface area contributed by atoms with E-state index in [4.69, 9.17) is 0 Å². The molecule has 0 spiro atoms. The fraction of sp³-hybridized carbons (Fsp3) is 0.192. The molecule has 0 aliphatic carbocycles. The summed E-state index contributed by atoms with van der Waals surface area (Å²) in [6, 6.07) is 12.9. The molecule has 9 nitrogen and oxygen atoms in total. The third kappa shape index (κ3) is 4.60. The maximum Gasteiger partial charge on any atom is 0.343 e. The molecule has 37 heavy (non-hydrogen) atoms. The van der Waals surface area contributed by atoms with Gasteiger partial charge < -0.3 is 14.9 Å². The van der Waals surface area contributed by atoms with E-state index in [9.17, 15) is 28.7 Å². The van der Waals surface area contributed by atoms with Crippen LogP contribution in [0.25, 0.3) is 11.0 Å². The number of thiophene rings is 1. The minimum absolute atomic E-state index is 0.00720. The number of Topliss-reactive ketones (excluding diaryl/α,β-unsaturated/α-hetero) is 1. The number of halogens is 1. The zero-order valence-electron chi connectivity index (χ0n) is 19.5. The minimum atomic E-state index is -1.50. The number of benzene rings is 1. The van der Waals surface area contributed by atoms with E-state index in [-0.39, 0.29) is 48.8 Å². The Balaban J connectivity index is 1.56. The first-order valence-corrected chi connectivity index (χ1v) is 12.3. The summed E-state index contributed by atoms with van der Waals surface area (Å²) < 4.78 is 15.3. The lowest BCUT2D eigenvalue weighted by Crippen LogP contribution is -2.49. The highest BCUT2D eigenvalue weighted by Gasteiger charge is 2.31. The Morgan fingerprint density at radius 3 is 2.41 bits per heavy atom. The Kier molecular flexibility index (Phi) is 6.53. The van der Waals surface area contributed by atoms with Gasteiger partial charge in [-0.1, -0.05) is 36.4 Å². The Bertz CT molecular complexity index is 1560. The number of carbonyl (C=O) groups excluding carboxylic acids is 2. The molecule has 4 heterocycles. The van der Waals surface area contributed by atoms with Gasteiger partial charge in [-0.05, 0) is 17.5 Å². The van der Waals surface area contributed by atoms with Crippen LogP contribution >= 0.6 is 11.3 Å². The Morgan fingerprint density at radius 2 is 1.76 bits per heavy atom. The molecule has 1 aliphatic heterocycles. The molecule has 1 N–H and O–H groups in total. The molecule has 0 unspecified atom stereocenters. The van der Waals surface area contributed by atoms with Crippen LogP contribution in [0, 0.1) is 5.82 Å². The summed E-state index contributed by atoms with van der Waals surface area (Å²) >= 11 is 1.33. The van der Waals surface area contributed by atoms with E-state index in [1.54, 1.807) is 52.3 Å². The van der Waals surface area contributed by atoms with Crippen molar-refractivity contribution in [1.82, 2.24) is 14.5 Å². The fourth-order valence-electron chi connectivity index (χ4n) is 4.50. The number of nitrogens with zero attached hydrogens (tertiary/aromatic N) is 4. The van der Waals surface area contributed by atoms with Crippen LogP contribution < -0.4 is 10.5 Å². The number of piperazine rings is 1. The van der Waals surface area contributed by atoms with Crippen LogP contribution in [0.4, 0.5) is 10.1 Å². The van der Waals surface area contributed by atoms with Crippen LogP contribution in [0.2, 0.25) is 0 Å². The largest absolute Gasteiger partial charge is 0.477 e. The maximum absolute atomic E-state index is 14.4. The Hall–Kier alpha value is -4.38. The van der Waals surface area contributed by atoms with Crippen molar-refractivity contribution in [2.45, 2.75) is 6.54 Å². The summed E-state index contributed by atoms with van der Waals surface area (Å²) in [5.74, 6) is -2.75. The van der Waals surface area contributed by atoms with Gasteiger partial charge in [-0.15, -0.1) is 11.3 Å². The molecule has 11 heteroatoms. The van der Waals surface area contributed by atoms with Crippen molar-refractivity contribution in [2.24, 2.45) is 0 Å². The fourth-order valence-corrected chi connectivity index (χ4v) is 5.20.